The van der Waals surface area contributed by atoms with E-state index in [0.29, 0.717) is 16.5 Å². The minimum Gasteiger partial charge on any atom is -0.462 e. The third-order valence-corrected chi connectivity index (χ3v) is 5.34. The first-order valence-corrected chi connectivity index (χ1v) is 9.85. The van der Waals surface area contributed by atoms with E-state index in [1.807, 2.05) is 66.7 Å². The number of halogens is 1. The quantitative estimate of drug-likeness (QED) is 0.258. The van der Waals surface area contributed by atoms with Gasteiger partial charge in [-0.15, -0.1) is 0 Å². The summed E-state index contributed by atoms with van der Waals surface area (Å²) in [4.78, 5) is 17.3. The summed E-state index contributed by atoms with van der Waals surface area (Å²) >= 11 is 0. The van der Waals surface area contributed by atoms with E-state index in [2.05, 4.69) is 4.98 Å². The Bertz CT molecular complexity index is 1440. The molecule has 4 heteroatoms. The molecule has 146 valence electrons. The van der Waals surface area contributed by atoms with Crippen LogP contribution in [0.2, 0.25) is 0 Å². The van der Waals surface area contributed by atoms with Crippen LogP contribution in [-0.2, 0) is 4.74 Å². The monoisotopic (exact) mass is 395 g/mol. The molecule has 0 saturated heterocycles. The number of esters is 1. The molecule has 0 unspecified atom stereocenters. The van der Waals surface area contributed by atoms with Crippen LogP contribution in [0.3, 0.4) is 0 Å². The van der Waals surface area contributed by atoms with Crippen LogP contribution in [0.4, 0.5) is 4.39 Å². The van der Waals surface area contributed by atoms with Crippen LogP contribution in [0.25, 0.3) is 43.7 Å². The molecule has 0 N–H and O–H groups in total. The molecule has 0 aliphatic carbocycles. The SMILES string of the molecule is CCOC(=O)c1ccc(F)c2nc3ccccc3c(-c3cccc4ccccc34)c12. The molecule has 0 bridgehead atoms. The van der Waals surface area contributed by atoms with Gasteiger partial charge in [0.25, 0.3) is 0 Å². The molecule has 0 fully saturated rings. The molecule has 1 heterocycles. The Balaban J connectivity index is 2.03. The number of carbonyl (C=O) groups excluding carboxylic acids is 1. The highest BCUT2D eigenvalue weighted by Gasteiger charge is 2.22. The number of hydrogen-bond donors (Lipinski definition) is 0. The van der Waals surface area contributed by atoms with Crippen LogP contribution in [0, 0.1) is 5.82 Å². The molecule has 5 aromatic rings. The zero-order valence-corrected chi connectivity index (χ0v) is 16.4. The topological polar surface area (TPSA) is 39.2 Å². The Kier molecular flexibility index (Phi) is 4.40. The van der Waals surface area contributed by atoms with E-state index in [0.717, 1.165) is 27.3 Å². The Labute approximate surface area is 172 Å². The largest absolute Gasteiger partial charge is 0.462 e. The molecule has 0 aliphatic rings. The molecule has 0 amide bonds. The second-order valence-electron chi connectivity index (χ2n) is 7.07. The van der Waals surface area contributed by atoms with Gasteiger partial charge in [-0.3, -0.25) is 0 Å². The van der Waals surface area contributed by atoms with Gasteiger partial charge >= 0.3 is 5.97 Å². The number of aromatic nitrogens is 1. The summed E-state index contributed by atoms with van der Waals surface area (Å²) in [6, 6.07) is 24.4. The number of carbonyl (C=O) groups is 1. The number of ether oxygens (including phenoxy) is 1. The maximum absolute atomic E-state index is 14.9. The van der Waals surface area contributed by atoms with E-state index in [1.54, 1.807) is 6.92 Å². The van der Waals surface area contributed by atoms with Gasteiger partial charge in [-0.2, -0.15) is 0 Å². The van der Waals surface area contributed by atoms with Gasteiger partial charge in [-0.25, -0.2) is 14.2 Å². The lowest BCUT2D eigenvalue weighted by Gasteiger charge is -2.16. The Morgan fingerprint density at radius 1 is 0.900 bits per heavy atom. The molecule has 0 aliphatic heterocycles. The Hall–Kier alpha value is -3.79. The third kappa shape index (κ3) is 2.80. The minimum atomic E-state index is -0.485. The number of fused-ring (bicyclic) bond motifs is 3. The van der Waals surface area contributed by atoms with Crippen LogP contribution < -0.4 is 0 Å². The summed E-state index contributed by atoms with van der Waals surface area (Å²) < 4.78 is 20.2. The highest BCUT2D eigenvalue weighted by atomic mass is 19.1. The average Bonchev–Trinajstić information content (AvgIpc) is 2.78. The van der Waals surface area contributed by atoms with E-state index < -0.39 is 11.8 Å². The van der Waals surface area contributed by atoms with Gasteiger partial charge in [-0.1, -0.05) is 60.7 Å². The number of pyridine rings is 1. The molecule has 5 rings (SSSR count). The lowest BCUT2D eigenvalue weighted by Crippen LogP contribution is -2.07. The number of hydrogen-bond acceptors (Lipinski definition) is 3. The van der Waals surface area contributed by atoms with E-state index in [4.69, 9.17) is 4.74 Å². The van der Waals surface area contributed by atoms with Gasteiger partial charge in [0.05, 0.1) is 17.7 Å². The predicted octanol–water partition coefficient (Wildman–Crippen LogP) is 6.52. The fourth-order valence-corrected chi connectivity index (χ4v) is 4.07. The third-order valence-electron chi connectivity index (χ3n) is 5.34. The smallest absolute Gasteiger partial charge is 0.338 e. The fourth-order valence-electron chi connectivity index (χ4n) is 4.07. The van der Waals surface area contributed by atoms with Crippen LogP contribution >= 0.6 is 0 Å². The molecule has 0 radical (unpaired) electrons. The van der Waals surface area contributed by atoms with Crippen LogP contribution in [-0.4, -0.2) is 17.6 Å². The second kappa shape index (κ2) is 7.23. The van der Waals surface area contributed by atoms with Crippen molar-refractivity contribution in [3.05, 3.63) is 90.2 Å². The molecule has 3 nitrogen and oxygen atoms in total. The van der Waals surface area contributed by atoms with E-state index in [9.17, 15) is 9.18 Å². The summed E-state index contributed by atoms with van der Waals surface area (Å²) in [5.74, 6) is -0.952. The summed E-state index contributed by atoms with van der Waals surface area (Å²) in [7, 11) is 0. The molecule has 4 aromatic carbocycles. The molecule has 0 atom stereocenters. The van der Waals surface area contributed by atoms with Gasteiger partial charge in [-0.05, 0) is 41.5 Å². The highest BCUT2D eigenvalue weighted by Crippen LogP contribution is 2.40. The van der Waals surface area contributed by atoms with Gasteiger partial charge in [0.1, 0.15) is 11.3 Å². The lowest BCUT2D eigenvalue weighted by atomic mass is 9.90. The summed E-state index contributed by atoms with van der Waals surface area (Å²) in [6.07, 6.45) is 0. The molecule has 1 aromatic heterocycles. The second-order valence-corrected chi connectivity index (χ2v) is 7.07. The summed E-state index contributed by atoms with van der Waals surface area (Å²) in [6.45, 7) is 1.99. The van der Waals surface area contributed by atoms with Crippen molar-refractivity contribution in [2.75, 3.05) is 6.61 Å². The van der Waals surface area contributed by atoms with Crippen molar-refractivity contribution in [2.24, 2.45) is 0 Å². The van der Waals surface area contributed by atoms with Crippen LogP contribution in [0.5, 0.6) is 0 Å². The number of benzene rings is 4. The van der Waals surface area contributed by atoms with Gasteiger partial charge in [0.15, 0.2) is 0 Å². The first-order valence-electron chi connectivity index (χ1n) is 9.85. The summed E-state index contributed by atoms with van der Waals surface area (Å²) in [5.41, 5.74) is 2.87. The van der Waals surface area contributed by atoms with Crippen molar-refractivity contribution in [1.29, 1.82) is 0 Å². The van der Waals surface area contributed by atoms with Crippen molar-refractivity contribution < 1.29 is 13.9 Å². The fraction of sp³-hybridized carbons (Fsp3) is 0.0769. The first kappa shape index (κ1) is 18.3. The van der Waals surface area contributed by atoms with Gasteiger partial charge in [0.2, 0.25) is 0 Å². The van der Waals surface area contributed by atoms with Crippen LogP contribution in [0.1, 0.15) is 17.3 Å². The normalized spacial score (nSPS) is 11.3. The maximum Gasteiger partial charge on any atom is 0.338 e. The molecular formula is C26H18FNO2. The Morgan fingerprint density at radius 3 is 2.47 bits per heavy atom. The van der Waals surface area contributed by atoms with Crippen molar-refractivity contribution in [1.82, 2.24) is 4.98 Å². The number of nitrogens with zero attached hydrogens (tertiary/aromatic N) is 1. The summed E-state index contributed by atoms with van der Waals surface area (Å²) in [5, 5.41) is 3.43. The number of para-hydroxylation sites is 1. The van der Waals surface area contributed by atoms with E-state index in [1.165, 1.54) is 12.1 Å². The van der Waals surface area contributed by atoms with Crippen molar-refractivity contribution in [2.45, 2.75) is 6.92 Å². The standard InChI is InChI=1S/C26H18FNO2/c1-2-30-26(29)20-14-15-21(27)25-24(20)23(19-11-5-6-13-22(19)28-25)18-12-7-9-16-8-3-4-10-17(16)18/h3-15H,2H2,1H3. The predicted molar refractivity (Wildman–Crippen MR) is 118 cm³/mol. The Morgan fingerprint density at radius 2 is 1.63 bits per heavy atom. The van der Waals surface area contributed by atoms with E-state index >= 15 is 0 Å². The van der Waals surface area contributed by atoms with Crippen molar-refractivity contribution >= 4 is 38.5 Å². The molecule has 0 saturated carbocycles. The lowest BCUT2D eigenvalue weighted by molar-refractivity contribution is 0.0528. The molecule has 30 heavy (non-hydrogen) atoms. The zero-order chi connectivity index (χ0) is 20.7. The maximum atomic E-state index is 14.9. The molecular weight excluding hydrogens is 377 g/mol. The van der Waals surface area contributed by atoms with Crippen molar-refractivity contribution in [3.8, 4) is 11.1 Å². The highest BCUT2D eigenvalue weighted by molar-refractivity contribution is 6.19. The zero-order valence-electron chi connectivity index (χ0n) is 16.4. The average molecular weight is 395 g/mol. The van der Waals surface area contributed by atoms with Crippen molar-refractivity contribution in [3.63, 3.8) is 0 Å². The minimum absolute atomic E-state index is 0.169. The first-order chi connectivity index (χ1) is 14.7. The van der Waals surface area contributed by atoms with Gasteiger partial charge in [0, 0.05) is 16.3 Å². The molecule has 0 spiro atoms. The number of rotatable bonds is 3. The van der Waals surface area contributed by atoms with Gasteiger partial charge < -0.3 is 4.74 Å². The van der Waals surface area contributed by atoms with Crippen LogP contribution in [0.15, 0.2) is 78.9 Å². The van der Waals surface area contributed by atoms with E-state index in [-0.39, 0.29) is 12.1 Å².